The topological polar surface area (TPSA) is 62.7 Å². The van der Waals surface area contributed by atoms with Crippen molar-refractivity contribution in [2.75, 3.05) is 6.54 Å². The zero-order valence-corrected chi connectivity index (χ0v) is 11.2. The van der Waals surface area contributed by atoms with Crippen molar-refractivity contribution >= 4 is 11.8 Å². The Hall–Kier alpha value is -0.750. The minimum Gasteiger partial charge on any atom is -0.314 e. The van der Waals surface area contributed by atoms with Crippen LogP contribution in [0, 0.1) is 0 Å². The van der Waals surface area contributed by atoms with E-state index >= 15 is 0 Å². The van der Waals surface area contributed by atoms with Crippen LogP contribution in [0.5, 0.6) is 0 Å². The number of hydrogen-bond donors (Lipinski definition) is 2. The van der Waals surface area contributed by atoms with E-state index in [4.69, 9.17) is 0 Å². The van der Waals surface area contributed by atoms with Gasteiger partial charge in [0.2, 0.25) is 0 Å². The van der Waals surface area contributed by atoms with E-state index in [2.05, 4.69) is 22.4 Å². The lowest BCUT2D eigenvalue weighted by molar-refractivity contribution is 0.387. The second-order valence-electron chi connectivity index (χ2n) is 4.53. The lowest BCUT2D eigenvalue weighted by atomic mass is 9.95. The first-order valence-electron chi connectivity index (χ1n) is 6.22. The molecule has 1 saturated carbocycles. The summed E-state index contributed by atoms with van der Waals surface area (Å²) in [7, 11) is 1.76. The van der Waals surface area contributed by atoms with Crippen LogP contribution in [0.15, 0.2) is 9.95 Å². The van der Waals surface area contributed by atoms with Crippen molar-refractivity contribution in [1.82, 2.24) is 20.1 Å². The van der Waals surface area contributed by atoms with Crippen LogP contribution in [0.1, 0.15) is 32.6 Å². The molecule has 96 valence electrons. The standard InChI is InChI=1S/C11H20N4OS/c1-3-12-8-5-4-6-9(7-8)17-11-14-13-10(16)15(11)2/h8-9,12H,3-7H2,1-2H3,(H,13,16). The SMILES string of the molecule is CCNC1CCCC(Sc2n[nH]c(=O)n2C)C1. The maximum Gasteiger partial charge on any atom is 0.343 e. The average Bonchev–Trinajstić information content (AvgIpc) is 2.62. The molecule has 2 unspecified atom stereocenters. The molecule has 2 atom stereocenters. The maximum atomic E-state index is 11.3. The summed E-state index contributed by atoms with van der Waals surface area (Å²) < 4.78 is 1.58. The highest BCUT2D eigenvalue weighted by Gasteiger charge is 2.23. The predicted octanol–water partition coefficient (Wildman–Crippen LogP) is 1.12. The third kappa shape index (κ3) is 3.13. The second-order valence-corrected chi connectivity index (χ2v) is 5.80. The number of thioether (sulfide) groups is 1. The minimum atomic E-state index is -0.133. The number of H-pyrrole nitrogens is 1. The first-order chi connectivity index (χ1) is 8.20. The number of hydrogen-bond acceptors (Lipinski definition) is 4. The third-order valence-electron chi connectivity index (χ3n) is 3.23. The molecule has 5 nitrogen and oxygen atoms in total. The van der Waals surface area contributed by atoms with E-state index in [1.807, 2.05) is 0 Å². The molecule has 1 heterocycles. The zero-order valence-electron chi connectivity index (χ0n) is 10.4. The maximum absolute atomic E-state index is 11.3. The van der Waals surface area contributed by atoms with Crippen LogP contribution < -0.4 is 11.0 Å². The van der Waals surface area contributed by atoms with Crippen LogP contribution in [0.4, 0.5) is 0 Å². The molecule has 1 fully saturated rings. The fraction of sp³-hybridized carbons (Fsp3) is 0.818. The van der Waals surface area contributed by atoms with Crippen LogP contribution in [-0.2, 0) is 7.05 Å². The summed E-state index contributed by atoms with van der Waals surface area (Å²) >= 11 is 1.72. The Morgan fingerprint density at radius 1 is 1.59 bits per heavy atom. The number of rotatable bonds is 4. The molecule has 1 aliphatic carbocycles. The minimum absolute atomic E-state index is 0.133. The van der Waals surface area contributed by atoms with Crippen molar-refractivity contribution < 1.29 is 0 Å². The van der Waals surface area contributed by atoms with Crippen molar-refractivity contribution in [3.05, 3.63) is 10.5 Å². The zero-order chi connectivity index (χ0) is 12.3. The van der Waals surface area contributed by atoms with Crippen molar-refractivity contribution in [2.24, 2.45) is 7.05 Å². The van der Waals surface area contributed by atoms with Gasteiger partial charge in [0.15, 0.2) is 5.16 Å². The van der Waals surface area contributed by atoms with E-state index in [-0.39, 0.29) is 5.69 Å². The van der Waals surface area contributed by atoms with Crippen molar-refractivity contribution in [1.29, 1.82) is 0 Å². The summed E-state index contributed by atoms with van der Waals surface area (Å²) in [5, 5.41) is 11.4. The van der Waals surface area contributed by atoms with Gasteiger partial charge in [-0.3, -0.25) is 4.57 Å². The molecule has 0 aromatic carbocycles. The summed E-state index contributed by atoms with van der Waals surface area (Å²) in [4.78, 5) is 11.3. The van der Waals surface area contributed by atoms with Crippen LogP contribution in [0.3, 0.4) is 0 Å². The van der Waals surface area contributed by atoms with Gasteiger partial charge in [-0.2, -0.15) is 0 Å². The number of nitrogens with one attached hydrogen (secondary N) is 2. The predicted molar refractivity (Wildman–Crippen MR) is 69.4 cm³/mol. The monoisotopic (exact) mass is 256 g/mol. The first-order valence-corrected chi connectivity index (χ1v) is 7.10. The van der Waals surface area contributed by atoms with E-state index in [0.717, 1.165) is 11.7 Å². The Kier molecular flexibility index (Phi) is 4.28. The number of nitrogens with zero attached hydrogens (tertiary/aromatic N) is 2. The molecule has 1 aromatic rings. The van der Waals surface area contributed by atoms with E-state index in [1.165, 1.54) is 25.7 Å². The summed E-state index contributed by atoms with van der Waals surface area (Å²) in [6.07, 6.45) is 4.91. The molecule has 0 spiro atoms. The molecule has 0 bridgehead atoms. The quantitative estimate of drug-likeness (QED) is 0.847. The van der Waals surface area contributed by atoms with Gasteiger partial charge in [0.05, 0.1) is 0 Å². The van der Waals surface area contributed by atoms with Crippen LogP contribution in [-0.4, -0.2) is 32.6 Å². The molecule has 0 amide bonds. The highest BCUT2D eigenvalue weighted by Crippen LogP contribution is 2.32. The molecular formula is C11H20N4OS. The summed E-state index contributed by atoms with van der Waals surface area (Å²) in [6, 6.07) is 0.627. The Balaban J connectivity index is 1.94. The van der Waals surface area contributed by atoms with Gasteiger partial charge < -0.3 is 5.32 Å². The van der Waals surface area contributed by atoms with Crippen molar-refractivity contribution in [3.63, 3.8) is 0 Å². The third-order valence-corrected chi connectivity index (χ3v) is 4.57. The van der Waals surface area contributed by atoms with Gasteiger partial charge >= 0.3 is 5.69 Å². The largest absolute Gasteiger partial charge is 0.343 e. The molecular weight excluding hydrogens is 236 g/mol. The number of aromatic nitrogens is 3. The summed E-state index contributed by atoms with van der Waals surface area (Å²) in [5.74, 6) is 0. The Morgan fingerprint density at radius 3 is 3.06 bits per heavy atom. The van der Waals surface area contributed by atoms with Gasteiger partial charge in [-0.1, -0.05) is 25.1 Å². The molecule has 0 radical (unpaired) electrons. The molecule has 2 N–H and O–H groups in total. The molecule has 0 saturated heterocycles. The highest BCUT2D eigenvalue weighted by atomic mass is 32.2. The lowest BCUT2D eigenvalue weighted by Crippen LogP contribution is -2.35. The fourth-order valence-corrected chi connectivity index (χ4v) is 3.56. The van der Waals surface area contributed by atoms with Crippen LogP contribution in [0.25, 0.3) is 0 Å². The fourth-order valence-electron chi connectivity index (χ4n) is 2.31. The van der Waals surface area contributed by atoms with E-state index in [9.17, 15) is 4.79 Å². The van der Waals surface area contributed by atoms with Crippen LogP contribution in [0.2, 0.25) is 0 Å². The summed E-state index contributed by atoms with van der Waals surface area (Å²) in [5.41, 5.74) is -0.133. The lowest BCUT2D eigenvalue weighted by Gasteiger charge is -2.28. The summed E-state index contributed by atoms with van der Waals surface area (Å²) in [6.45, 7) is 3.18. The molecule has 17 heavy (non-hydrogen) atoms. The van der Waals surface area contributed by atoms with E-state index in [0.29, 0.717) is 11.3 Å². The second kappa shape index (κ2) is 5.73. The van der Waals surface area contributed by atoms with Gasteiger partial charge in [0.25, 0.3) is 0 Å². The molecule has 2 rings (SSSR count). The van der Waals surface area contributed by atoms with Crippen LogP contribution >= 0.6 is 11.8 Å². The Bertz CT molecular complexity index is 412. The normalized spacial score (nSPS) is 25.1. The average molecular weight is 256 g/mol. The van der Waals surface area contributed by atoms with Gasteiger partial charge in [-0.05, 0) is 25.8 Å². The highest BCUT2D eigenvalue weighted by molar-refractivity contribution is 7.99. The number of aromatic amines is 1. The Morgan fingerprint density at radius 2 is 2.41 bits per heavy atom. The van der Waals surface area contributed by atoms with Gasteiger partial charge in [0, 0.05) is 18.3 Å². The smallest absolute Gasteiger partial charge is 0.314 e. The molecule has 0 aliphatic heterocycles. The van der Waals surface area contributed by atoms with E-state index < -0.39 is 0 Å². The Labute approximate surface area is 105 Å². The van der Waals surface area contributed by atoms with Gasteiger partial charge in [-0.25, -0.2) is 9.89 Å². The first kappa shape index (κ1) is 12.7. The molecule has 1 aromatic heterocycles. The van der Waals surface area contributed by atoms with Gasteiger partial charge in [0.1, 0.15) is 0 Å². The van der Waals surface area contributed by atoms with Crippen molar-refractivity contribution in [3.8, 4) is 0 Å². The van der Waals surface area contributed by atoms with E-state index in [1.54, 1.807) is 23.4 Å². The van der Waals surface area contributed by atoms with Gasteiger partial charge in [-0.15, -0.1) is 5.10 Å². The molecule has 1 aliphatic rings. The van der Waals surface area contributed by atoms with Crippen molar-refractivity contribution in [2.45, 2.75) is 49.1 Å². The molecule has 6 heteroatoms.